The normalized spacial score (nSPS) is 10.2. The van der Waals surface area contributed by atoms with Crippen molar-refractivity contribution >= 4 is 0 Å². The van der Waals surface area contributed by atoms with Crippen LogP contribution in [0.15, 0.2) is 48.5 Å². The van der Waals surface area contributed by atoms with Gasteiger partial charge in [0, 0.05) is 6.54 Å². The Morgan fingerprint density at radius 3 is 1.84 bits per heavy atom. The van der Waals surface area contributed by atoms with Gasteiger partial charge in [-0.2, -0.15) is 0 Å². The molecule has 0 bridgehead atoms. The average Bonchev–Trinajstić information content (AvgIpc) is 2.47. The predicted octanol–water partition coefficient (Wildman–Crippen LogP) is 3.12. The van der Waals surface area contributed by atoms with E-state index in [4.69, 9.17) is 15.2 Å². The summed E-state index contributed by atoms with van der Waals surface area (Å²) in [6.07, 6.45) is 0. The fraction of sp³-hybridized carbons (Fsp3) is 0.250. The van der Waals surface area contributed by atoms with Crippen LogP contribution >= 0.6 is 0 Å². The molecular weight excluding hydrogens is 238 g/mol. The molecule has 0 saturated heterocycles. The number of ether oxygens (including phenoxy) is 2. The van der Waals surface area contributed by atoms with Crippen molar-refractivity contribution in [2.24, 2.45) is 5.73 Å². The van der Waals surface area contributed by atoms with Gasteiger partial charge in [0.1, 0.15) is 18.1 Å². The van der Waals surface area contributed by atoms with Crippen LogP contribution in [0.25, 0.3) is 0 Å². The highest BCUT2D eigenvalue weighted by Gasteiger charge is 1.98. The molecule has 0 aliphatic heterocycles. The molecule has 0 radical (unpaired) electrons. The average molecular weight is 257 g/mol. The largest absolute Gasteiger partial charge is 0.494 e. The summed E-state index contributed by atoms with van der Waals surface area (Å²) in [7, 11) is 0. The van der Waals surface area contributed by atoms with E-state index < -0.39 is 0 Å². The number of hydrogen-bond acceptors (Lipinski definition) is 3. The van der Waals surface area contributed by atoms with E-state index in [1.807, 2.05) is 55.5 Å². The highest BCUT2D eigenvalue weighted by Crippen LogP contribution is 2.16. The molecule has 0 spiro atoms. The molecule has 0 aliphatic carbocycles. The van der Waals surface area contributed by atoms with Crippen LogP contribution in [0.3, 0.4) is 0 Å². The number of benzene rings is 2. The van der Waals surface area contributed by atoms with Gasteiger partial charge in [0.2, 0.25) is 0 Å². The predicted molar refractivity (Wildman–Crippen MR) is 76.3 cm³/mol. The summed E-state index contributed by atoms with van der Waals surface area (Å²) in [5.41, 5.74) is 7.77. The maximum absolute atomic E-state index is 5.71. The van der Waals surface area contributed by atoms with Crippen LogP contribution in [-0.2, 0) is 13.2 Å². The first-order valence-corrected chi connectivity index (χ1v) is 6.45. The van der Waals surface area contributed by atoms with Crippen molar-refractivity contribution in [3.8, 4) is 11.5 Å². The van der Waals surface area contributed by atoms with Crippen LogP contribution < -0.4 is 15.2 Å². The van der Waals surface area contributed by atoms with Crippen molar-refractivity contribution in [3.63, 3.8) is 0 Å². The second-order valence-corrected chi connectivity index (χ2v) is 4.21. The molecule has 100 valence electrons. The first-order chi connectivity index (χ1) is 9.31. The minimum atomic E-state index is 0.550. The van der Waals surface area contributed by atoms with Crippen molar-refractivity contribution in [1.29, 1.82) is 0 Å². The summed E-state index contributed by atoms with van der Waals surface area (Å²) in [6.45, 7) is 3.76. The number of nitrogens with two attached hydrogens (primary N) is 1. The summed E-state index contributed by atoms with van der Waals surface area (Å²) >= 11 is 0. The third-order valence-corrected chi connectivity index (χ3v) is 2.80. The third-order valence-electron chi connectivity index (χ3n) is 2.80. The Labute approximate surface area is 114 Å². The number of rotatable bonds is 6. The molecule has 0 amide bonds. The van der Waals surface area contributed by atoms with Gasteiger partial charge in [-0.05, 0) is 42.3 Å². The van der Waals surface area contributed by atoms with Gasteiger partial charge in [-0.15, -0.1) is 0 Å². The van der Waals surface area contributed by atoms with Crippen molar-refractivity contribution in [2.45, 2.75) is 20.1 Å². The molecule has 3 nitrogen and oxygen atoms in total. The zero-order chi connectivity index (χ0) is 13.5. The standard InChI is InChI=1S/C16H19NO2/c1-2-18-15-9-5-14(6-10-15)12-19-16-7-3-13(11-17)4-8-16/h3-10H,2,11-12,17H2,1H3. The Hall–Kier alpha value is -2.00. The summed E-state index contributed by atoms with van der Waals surface area (Å²) < 4.78 is 11.1. The van der Waals surface area contributed by atoms with E-state index in [9.17, 15) is 0 Å². The smallest absolute Gasteiger partial charge is 0.119 e. The van der Waals surface area contributed by atoms with Crippen molar-refractivity contribution in [1.82, 2.24) is 0 Å². The van der Waals surface area contributed by atoms with E-state index >= 15 is 0 Å². The van der Waals surface area contributed by atoms with Crippen LogP contribution in [0, 0.1) is 0 Å². The van der Waals surface area contributed by atoms with Gasteiger partial charge in [0.15, 0.2) is 0 Å². The van der Waals surface area contributed by atoms with Crippen LogP contribution in [0.2, 0.25) is 0 Å². The first kappa shape index (κ1) is 13.4. The third kappa shape index (κ3) is 4.00. The Morgan fingerprint density at radius 2 is 1.32 bits per heavy atom. The van der Waals surface area contributed by atoms with E-state index in [1.54, 1.807) is 0 Å². The molecule has 19 heavy (non-hydrogen) atoms. The van der Waals surface area contributed by atoms with Gasteiger partial charge >= 0.3 is 0 Å². The summed E-state index contributed by atoms with van der Waals surface area (Å²) in [5, 5.41) is 0. The Balaban J connectivity index is 1.90. The van der Waals surface area contributed by atoms with E-state index in [-0.39, 0.29) is 0 Å². The fourth-order valence-electron chi connectivity index (χ4n) is 1.74. The molecule has 0 saturated carbocycles. The Bertz CT molecular complexity index is 491. The topological polar surface area (TPSA) is 44.5 Å². The van der Waals surface area contributed by atoms with E-state index in [0.717, 1.165) is 22.6 Å². The van der Waals surface area contributed by atoms with Crippen molar-refractivity contribution in [3.05, 3.63) is 59.7 Å². The molecule has 0 heterocycles. The molecule has 0 aromatic heterocycles. The molecule has 0 aliphatic rings. The molecule has 2 N–H and O–H groups in total. The SMILES string of the molecule is CCOc1ccc(COc2ccc(CN)cc2)cc1. The van der Waals surface area contributed by atoms with E-state index in [1.165, 1.54) is 0 Å². The number of hydrogen-bond donors (Lipinski definition) is 1. The lowest BCUT2D eigenvalue weighted by molar-refractivity contribution is 0.305. The van der Waals surface area contributed by atoms with Crippen LogP contribution in [-0.4, -0.2) is 6.61 Å². The van der Waals surface area contributed by atoms with Gasteiger partial charge in [0.25, 0.3) is 0 Å². The molecule has 2 rings (SSSR count). The van der Waals surface area contributed by atoms with E-state index in [0.29, 0.717) is 19.8 Å². The van der Waals surface area contributed by atoms with E-state index in [2.05, 4.69) is 0 Å². The molecule has 0 atom stereocenters. The molecular formula is C16H19NO2. The minimum Gasteiger partial charge on any atom is -0.494 e. The maximum Gasteiger partial charge on any atom is 0.119 e. The molecule has 0 unspecified atom stereocenters. The van der Waals surface area contributed by atoms with Gasteiger partial charge < -0.3 is 15.2 Å². The van der Waals surface area contributed by atoms with Crippen LogP contribution in [0.1, 0.15) is 18.1 Å². The van der Waals surface area contributed by atoms with Crippen molar-refractivity contribution in [2.75, 3.05) is 6.61 Å². The van der Waals surface area contributed by atoms with Crippen molar-refractivity contribution < 1.29 is 9.47 Å². The van der Waals surface area contributed by atoms with Gasteiger partial charge in [0.05, 0.1) is 6.61 Å². The highest BCUT2D eigenvalue weighted by atomic mass is 16.5. The first-order valence-electron chi connectivity index (χ1n) is 6.45. The molecule has 3 heteroatoms. The minimum absolute atomic E-state index is 0.550. The van der Waals surface area contributed by atoms with Gasteiger partial charge in [-0.25, -0.2) is 0 Å². The second-order valence-electron chi connectivity index (χ2n) is 4.21. The lowest BCUT2D eigenvalue weighted by Crippen LogP contribution is -1.98. The quantitative estimate of drug-likeness (QED) is 0.864. The summed E-state index contributed by atoms with van der Waals surface area (Å²) in [4.78, 5) is 0. The summed E-state index contributed by atoms with van der Waals surface area (Å²) in [5.74, 6) is 1.74. The van der Waals surface area contributed by atoms with Gasteiger partial charge in [-0.3, -0.25) is 0 Å². The Kier molecular flexibility index (Phi) is 4.81. The molecule has 2 aromatic rings. The zero-order valence-corrected chi connectivity index (χ0v) is 11.1. The highest BCUT2D eigenvalue weighted by molar-refractivity contribution is 5.29. The second kappa shape index (κ2) is 6.81. The Morgan fingerprint density at radius 1 is 0.789 bits per heavy atom. The van der Waals surface area contributed by atoms with Gasteiger partial charge in [-0.1, -0.05) is 24.3 Å². The zero-order valence-electron chi connectivity index (χ0n) is 11.1. The lowest BCUT2D eigenvalue weighted by Gasteiger charge is -2.08. The summed E-state index contributed by atoms with van der Waals surface area (Å²) in [6, 6.07) is 15.8. The van der Waals surface area contributed by atoms with Crippen LogP contribution in [0.4, 0.5) is 0 Å². The molecule has 2 aromatic carbocycles. The molecule has 0 fully saturated rings. The maximum atomic E-state index is 5.71. The monoisotopic (exact) mass is 257 g/mol. The fourth-order valence-corrected chi connectivity index (χ4v) is 1.74. The lowest BCUT2D eigenvalue weighted by atomic mass is 10.2. The van der Waals surface area contributed by atoms with Crippen LogP contribution in [0.5, 0.6) is 11.5 Å².